The predicted octanol–water partition coefficient (Wildman–Crippen LogP) is -1.69. The van der Waals surface area contributed by atoms with Crippen LogP contribution in [0, 0.1) is 6.23 Å². The number of hydrogen-bond donors (Lipinski definition) is 3. The number of anilines is 1. The molecule has 1 radical (unpaired) electrons. The van der Waals surface area contributed by atoms with Crippen LogP contribution < -0.4 is 11.4 Å². The van der Waals surface area contributed by atoms with Crippen molar-refractivity contribution < 1.29 is 14.9 Å². The molecule has 16 heavy (non-hydrogen) atoms. The Hall–Kier alpha value is -1.44. The third-order valence-electron chi connectivity index (χ3n) is 2.37. The van der Waals surface area contributed by atoms with E-state index in [2.05, 4.69) is 4.98 Å². The summed E-state index contributed by atoms with van der Waals surface area (Å²) < 4.78 is 6.39. The van der Waals surface area contributed by atoms with E-state index in [0.717, 1.165) is 4.57 Å². The first-order valence-electron chi connectivity index (χ1n) is 4.79. The van der Waals surface area contributed by atoms with Crippen LogP contribution in [0.1, 0.15) is 6.42 Å². The van der Waals surface area contributed by atoms with Gasteiger partial charge >= 0.3 is 5.69 Å². The van der Waals surface area contributed by atoms with Crippen LogP contribution in [-0.4, -0.2) is 38.6 Å². The van der Waals surface area contributed by atoms with Gasteiger partial charge in [-0.3, -0.25) is 4.57 Å². The lowest BCUT2D eigenvalue weighted by molar-refractivity contribution is 0.000759. The molecule has 4 N–H and O–H groups in total. The van der Waals surface area contributed by atoms with Gasteiger partial charge in [-0.15, -0.1) is 0 Å². The van der Waals surface area contributed by atoms with Gasteiger partial charge in [0.2, 0.25) is 6.23 Å². The quantitative estimate of drug-likeness (QED) is 0.554. The van der Waals surface area contributed by atoms with Gasteiger partial charge in [0.15, 0.2) is 0 Å². The third-order valence-corrected chi connectivity index (χ3v) is 2.37. The zero-order valence-corrected chi connectivity index (χ0v) is 8.41. The Kier molecular flexibility index (Phi) is 2.90. The molecule has 1 aliphatic heterocycles. The molecule has 0 unspecified atom stereocenters. The van der Waals surface area contributed by atoms with Crippen molar-refractivity contribution >= 4 is 5.82 Å². The summed E-state index contributed by atoms with van der Waals surface area (Å²) in [5.74, 6) is 0.124. The number of aliphatic hydroxyl groups excluding tert-OH is 2. The summed E-state index contributed by atoms with van der Waals surface area (Å²) in [4.78, 5) is 15.0. The molecule has 0 bridgehead atoms. The average molecular weight is 226 g/mol. The topological polar surface area (TPSA) is 111 Å². The molecule has 0 aromatic carbocycles. The number of ether oxygens (including phenoxy) is 1. The Labute approximate surface area is 91.1 Å². The summed E-state index contributed by atoms with van der Waals surface area (Å²) >= 11 is 0. The molecular formula is C9H12N3O4. The monoisotopic (exact) mass is 226 g/mol. The molecule has 2 heterocycles. The van der Waals surface area contributed by atoms with Crippen LogP contribution >= 0.6 is 0 Å². The van der Waals surface area contributed by atoms with Crippen LogP contribution in [0.2, 0.25) is 0 Å². The Balaban J connectivity index is 2.23. The van der Waals surface area contributed by atoms with Gasteiger partial charge in [-0.25, -0.2) is 4.79 Å². The van der Waals surface area contributed by atoms with Gasteiger partial charge in [-0.2, -0.15) is 4.98 Å². The van der Waals surface area contributed by atoms with Gasteiger partial charge < -0.3 is 20.7 Å². The predicted molar refractivity (Wildman–Crippen MR) is 54.1 cm³/mol. The van der Waals surface area contributed by atoms with Crippen LogP contribution in [-0.2, 0) is 4.74 Å². The van der Waals surface area contributed by atoms with Crippen LogP contribution in [0.15, 0.2) is 17.1 Å². The summed E-state index contributed by atoms with van der Waals surface area (Å²) in [5, 5.41) is 18.4. The van der Waals surface area contributed by atoms with Crippen LogP contribution in [0.3, 0.4) is 0 Å². The van der Waals surface area contributed by atoms with E-state index in [9.17, 15) is 9.90 Å². The number of nitrogen functional groups attached to an aromatic ring is 1. The molecule has 1 aromatic heterocycles. The summed E-state index contributed by atoms with van der Waals surface area (Å²) in [6.45, 7) is -0.304. The van der Waals surface area contributed by atoms with Crippen molar-refractivity contribution in [2.45, 2.75) is 18.6 Å². The molecule has 1 aliphatic rings. The van der Waals surface area contributed by atoms with Gasteiger partial charge in [-0.05, 0) is 6.07 Å². The van der Waals surface area contributed by atoms with Crippen molar-refractivity contribution in [1.82, 2.24) is 9.55 Å². The molecule has 2 rings (SSSR count). The molecule has 1 aromatic rings. The van der Waals surface area contributed by atoms with E-state index in [1.165, 1.54) is 12.3 Å². The van der Waals surface area contributed by atoms with Crippen molar-refractivity contribution in [3.63, 3.8) is 0 Å². The van der Waals surface area contributed by atoms with Crippen molar-refractivity contribution in [3.8, 4) is 0 Å². The smallest absolute Gasteiger partial charge is 0.352 e. The van der Waals surface area contributed by atoms with Crippen molar-refractivity contribution in [2.75, 3.05) is 12.3 Å². The van der Waals surface area contributed by atoms with Gasteiger partial charge in [0, 0.05) is 12.6 Å². The number of nitrogens with two attached hydrogens (primary N) is 1. The summed E-state index contributed by atoms with van der Waals surface area (Å²) in [5.41, 5.74) is 4.77. The first-order chi connectivity index (χ1) is 7.61. The molecule has 7 heteroatoms. The van der Waals surface area contributed by atoms with Gasteiger partial charge in [0.1, 0.15) is 11.9 Å². The Bertz CT molecular complexity index is 433. The zero-order valence-electron chi connectivity index (χ0n) is 8.41. The maximum Gasteiger partial charge on any atom is 0.352 e. The highest BCUT2D eigenvalue weighted by molar-refractivity contribution is 5.24. The van der Waals surface area contributed by atoms with Crippen LogP contribution in [0.25, 0.3) is 0 Å². The minimum absolute atomic E-state index is 0.124. The van der Waals surface area contributed by atoms with Crippen LogP contribution in [0.5, 0.6) is 0 Å². The molecule has 1 fully saturated rings. The van der Waals surface area contributed by atoms with Gasteiger partial charge in [0.25, 0.3) is 0 Å². The molecule has 2 atom stereocenters. The van der Waals surface area contributed by atoms with E-state index in [0.29, 0.717) is 0 Å². The minimum atomic E-state index is -0.815. The Morgan fingerprint density at radius 2 is 2.44 bits per heavy atom. The van der Waals surface area contributed by atoms with E-state index in [1.54, 1.807) is 0 Å². The second-order valence-electron chi connectivity index (χ2n) is 3.51. The number of hydrogen-bond acceptors (Lipinski definition) is 6. The fourth-order valence-corrected chi connectivity index (χ4v) is 1.53. The van der Waals surface area contributed by atoms with Gasteiger partial charge in [-0.1, -0.05) is 0 Å². The lowest BCUT2D eigenvalue weighted by Gasteiger charge is -2.12. The Morgan fingerprint density at radius 3 is 3.00 bits per heavy atom. The molecule has 7 nitrogen and oxygen atoms in total. The highest BCUT2D eigenvalue weighted by Crippen LogP contribution is 2.26. The fourth-order valence-electron chi connectivity index (χ4n) is 1.53. The second-order valence-corrected chi connectivity index (χ2v) is 3.51. The maximum absolute atomic E-state index is 11.5. The molecule has 0 spiro atoms. The van der Waals surface area contributed by atoms with Crippen molar-refractivity contribution in [2.24, 2.45) is 0 Å². The normalized spacial score (nSPS) is 26.1. The number of rotatable bonds is 2. The lowest BCUT2D eigenvalue weighted by atomic mass is 10.2. The highest BCUT2D eigenvalue weighted by Gasteiger charge is 2.36. The molecule has 0 amide bonds. The highest BCUT2D eigenvalue weighted by atomic mass is 16.5. The van der Waals surface area contributed by atoms with E-state index in [1.807, 2.05) is 0 Å². The van der Waals surface area contributed by atoms with Crippen molar-refractivity contribution in [3.05, 3.63) is 29.0 Å². The Morgan fingerprint density at radius 1 is 1.69 bits per heavy atom. The molecular weight excluding hydrogens is 214 g/mol. The second kappa shape index (κ2) is 4.20. The number of aliphatic hydroxyl groups is 2. The van der Waals surface area contributed by atoms with E-state index >= 15 is 0 Å². The first-order valence-corrected chi connectivity index (χ1v) is 4.79. The molecule has 87 valence electrons. The SMILES string of the molecule is Nc1ccn([C]2C[C@H](O)[C@@H](CO)O2)c(=O)n1. The van der Waals surface area contributed by atoms with Crippen LogP contribution in [0.4, 0.5) is 5.82 Å². The van der Waals surface area contributed by atoms with E-state index in [-0.39, 0.29) is 25.1 Å². The summed E-state index contributed by atoms with van der Waals surface area (Å²) in [6, 6.07) is 1.45. The largest absolute Gasteiger partial charge is 0.394 e. The summed E-state index contributed by atoms with van der Waals surface area (Å²) in [7, 11) is 0. The van der Waals surface area contributed by atoms with E-state index < -0.39 is 17.9 Å². The standard InChI is InChI=1S/C9H12N3O4/c10-7-1-2-12(9(15)11-7)8-3-5(14)6(4-13)16-8/h1-2,5-6,13-14H,3-4H2,(H2,10,11,15)/t5-,6+/m0/s1. The molecule has 0 aliphatic carbocycles. The average Bonchev–Trinajstić information content (AvgIpc) is 2.59. The number of nitrogens with zero attached hydrogens (tertiary/aromatic N) is 2. The fraction of sp³-hybridized carbons (Fsp3) is 0.444. The zero-order chi connectivity index (χ0) is 11.7. The third kappa shape index (κ3) is 1.92. The lowest BCUT2D eigenvalue weighted by Crippen LogP contribution is -2.28. The first kappa shape index (κ1) is 11.1. The minimum Gasteiger partial charge on any atom is -0.394 e. The molecule has 0 saturated carbocycles. The van der Waals surface area contributed by atoms with E-state index in [4.69, 9.17) is 15.6 Å². The maximum atomic E-state index is 11.5. The van der Waals surface area contributed by atoms with Gasteiger partial charge in [0.05, 0.1) is 12.7 Å². The molecule has 1 saturated heterocycles. The summed E-state index contributed by atoms with van der Waals surface area (Å²) in [6.07, 6.45) is 0.344. The number of aromatic nitrogens is 2. The van der Waals surface area contributed by atoms with Crippen molar-refractivity contribution in [1.29, 1.82) is 0 Å².